The molecule has 192 valence electrons. The van der Waals surface area contributed by atoms with E-state index in [1.54, 1.807) is 55.5 Å². The highest BCUT2D eigenvalue weighted by molar-refractivity contribution is 6.15. The van der Waals surface area contributed by atoms with Crippen LogP contribution in [0, 0.1) is 6.92 Å². The molecule has 0 fully saturated rings. The standard InChI is InChI=1S/C28H26O9/c1-15-18(37-28(30)24-19(31-2)8-7-9-20(24)32-3)11-10-17-25(29)21(36-26(15)17)12-16-13-22(33-4)27(35-6)23(14-16)34-5/h7-14H,1-6H3. The van der Waals surface area contributed by atoms with Gasteiger partial charge in [0.25, 0.3) is 0 Å². The molecule has 1 aliphatic heterocycles. The predicted molar refractivity (Wildman–Crippen MR) is 135 cm³/mol. The maximum Gasteiger partial charge on any atom is 0.351 e. The van der Waals surface area contributed by atoms with Crippen LogP contribution in [0.25, 0.3) is 6.08 Å². The molecule has 37 heavy (non-hydrogen) atoms. The molecule has 9 nitrogen and oxygen atoms in total. The summed E-state index contributed by atoms with van der Waals surface area (Å²) in [5.74, 6) is 1.59. The number of ketones is 1. The van der Waals surface area contributed by atoms with Crippen LogP contribution in [-0.4, -0.2) is 47.3 Å². The topological polar surface area (TPSA) is 98.8 Å². The fourth-order valence-corrected chi connectivity index (χ4v) is 4.02. The number of hydrogen-bond donors (Lipinski definition) is 0. The number of esters is 1. The van der Waals surface area contributed by atoms with Crippen LogP contribution < -0.4 is 33.2 Å². The van der Waals surface area contributed by atoms with Crippen LogP contribution in [0.4, 0.5) is 0 Å². The van der Waals surface area contributed by atoms with E-state index in [1.165, 1.54) is 35.5 Å². The maximum absolute atomic E-state index is 13.1. The van der Waals surface area contributed by atoms with E-state index >= 15 is 0 Å². The number of fused-ring (bicyclic) bond motifs is 1. The fourth-order valence-electron chi connectivity index (χ4n) is 4.02. The molecule has 1 heterocycles. The summed E-state index contributed by atoms with van der Waals surface area (Å²) in [6.07, 6.45) is 1.58. The number of methoxy groups -OCH3 is 5. The van der Waals surface area contributed by atoms with E-state index in [0.717, 1.165) is 0 Å². The van der Waals surface area contributed by atoms with Crippen LogP contribution in [0.2, 0.25) is 0 Å². The van der Waals surface area contributed by atoms with Crippen molar-refractivity contribution < 1.29 is 42.7 Å². The van der Waals surface area contributed by atoms with Crippen LogP contribution in [-0.2, 0) is 0 Å². The molecule has 0 bridgehead atoms. The van der Waals surface area contributed by atoms with Gasteiger partial charge in [0.2, 0.25) is 11.5 Å². The summed E-state index contributed by atoms with van der Waals surface area (Å²) in [5, 5.41) is 0. The first-order chi connectivity index (χ1) is 17.9. The van der Waals surface area contributed by atoms with Gasteiger partial charge in [-0.1, -0.05) is 6.07 Å². The van der Waals surface area contributed by atoms with Crippen molar-refractivity contribution >= 4 is 17.8 Å². The smallest absolute Gasteiger partial charge is 0.351 e. The minimum Gasteiger partial charge on any atom is -0.496 e. The SMILES string of the molecule is COc1cc(C=C2Oc3c(ccc(OC(=O)c4c(OC)cccc4OC)c3C)C2=O)cc(OC)c1OC. The lowest BCUT2D eigenvalue weighted by molar-refractivity contribution is 0.0726. The van der Waals surface area contributed by atoms with Crippen LogP contribution in [0.3, 0.4) is 0 Å². The fraction of sp³-hybridized carbons (Fsp3) is 0.214. The van der Waals surface area contributed by atoms with E-state index in [-0.39, 0.29) is 22.9 Å². The molecule has 0 atom stereocenters. The minimum atomic E-state index is -0.671. The Bertz CT molecular complexity index is 1360. The van der Waals surface area contributed by atoms with Crippen molar-refractivity contribution in [2.45, 2.75) is 6.92 Å². The lowest BCUT2D eigenvalue weighted by Gasteiger charge is -2.14. The van der Waals surface area contributed by atoms with Crippen molar-refractivity contribution in [2.75, 3.05) is 35.5 Å². The summed E-state index contributed by atoms with van der Waals surface area (Å²) >= 11 is 0. The lowest BCUT2D eigenvalue weighted by atomic mass is 10.1. The molecular formula is C28H26O9. The monoisotopic (exact) mass is 506 g/mol. The molecule has 0 N–H and O–H groups in total. The third-order valence-electron chi connectivity index (χ3n) is 5.86. The van der Waals surface area contributed by atoms with Crippen LogP contribution in [0.5, 0.6) is 40.2 Å². The van der Waals surface area contributed by atoms with E-state index < -0.39 is 5.97 Å². The van der Waals surface area contributed by atoms with Crippen LogP contribution in [0.15, 0.2) is 48.2 Å². The van der Waals surface area contributed by atoms with Gasteiger partial charge in [-0.05, 0) is 55.0 Å². The van der Waals surface area contributed by atoms with E-state index in [2.05, 4.69) is 0 Å². The molecule has 0 aliphatic carbocycles. The molecule has 4 rings (SSSR count). The molecule has 0 saturated heterocycles. The van der Waals surface area contributed by atoms with Gasteiger partial charge in [0, 0.05) is 5.56 Å². The Balaban J connectivity index is 1.66. The Kier molecular flexibility index (Phi) is 7.24. The van der Waals surface area contributed by atoms with Crippen molar-refractivity contribution in [3.63, 3.8) is 0 Å². The molecule has 9 heteroatoms. The zero-order valence-electron chi connectivity index (χ0n) is 21.3. The first-order valence-electron chi connectivity index (χ1n) is 11.2. The zero-order chi connectivity index (χ0) is 26.7. The van der Waals surface area contributed by atoms with Gasteiger partial charge < -0.3 is 33.2 Å². The summed E-state index contributed by atoms with van der Waals surface area (Å²) in [4.78, 5) is 26.1. The molecular weight excluding hydrogens is 480 g/mol. The molecule has 0 spiro atoms. The molecule has 3 aromatic rings. The van der Waals surface area contributed by atoms with Crippen molar-refractivity contribution in [3.05, 3.63) is 70.5 Å². The molecule has 0 aromatic heterocycles. The minimum absolute atomic E-state index is 0.0993. The lowest BCUT2D eigenvalue weighted by Crippen LogP contribution is -2.12. The molecule has 1 aliphatic rings. The van der Waals surface area contributed by atoms with Crippen molar-refractivity contribution in [1.82, 2.24) is 0 Å². The number of allylic oxidation sites excluding steroid dienone is 1. The number of carbonyl (C=O) groups is 2. The summed E-state index contributed by atoms with van der Waals surface area (Å²) in [6, 6.07) is 11.5. The first-order valence-corrected chi connectivity index (χ1v) is 11.2. The van der Waals surface area contributed by atoms with Crippen LogP contribution >= 0.6 is 0 Å². The average molecular weight is 507 g/mol. The summed E-state index contributed by atoms with van der Waals surface area (Å²) in [6.45, 7) is 1.70. The van der Waals surface area contributed by atoms with Gasteiger partial charge in [-0.3, -0.25) is 4.79 Å². The highest BCUT2D eigenvalue weighted by atomic mass is 16.5. The normalized spacial score (nSPS) is 13.0. The Morgan fingerprint density at radius 2 is 1.38 bits per heavy atom. The molecule has 0 amide bonds. The van der Waals surface area contributed by atoms with Crippen LogP contribution in [0.1, 0.15) is 31.8 Å². The van der Waals surface area contributed by atoms with Gasteiger partial charge in [0.15, 0.2) is 17.3 Å². The molecule has 0 unspecified atom stereocenters. The Hall–Kier alpha value is -4.66. The average Bonchev–Trinajstić information content (AvgIpc) is 3.24. The van der Waals surface area contributed by atoms with Gasteiger partial charge in [-0.25, -0.2) is 4.79 Å². The summed E-state index contributed by atoms with van der Waals surface area (Å²) in [5.41, 5.74) is 1.60. The molecule has 0 saturated carbocycles. The van der Waals surface area contributed by atoms with Crippen molar-refractivity contribution in [2.24, 2.45) is 0 Å². The second-order valence-electron chi connectivity index (χ2n) is 7.89. The predicted octanol–water partition coefficient (Wildman–Crippen LogP) is 4.87. The second kappa shape index (κ2) is 10.5. The number of benzene rings is 3. The number of hydrogen-bond acceptors (Lipinski definition) is 9. The Morgan fingerprint density at radius 1 is 0.784 bits per heavy atom. The van der Waals surface area contributed by atoms with Gasteiger partial charge >= 0.3 is 5.97 Å². The summed E-state index contributed by atoms with van der Waals surface area (Å²) < 4.78 is 38.3. The van der Waals surface area contributed by atoms with Gasteiger partial charge in [-0.2, -0.15) is 0 Å². The number of Topliss-reactive ketones (excluding diaryl/α,β-unsaturated/α-hetero) is 1. The maximum atomic E-state index is 13.1. The van der Waals surface area contributed by atoms with Crippen molar-refractivity contribution in [3.8, 4) is 40.2 Å². The first kappa shape index (κ1) is 25.4. The van der Waals surface area contributed by atoms with E-state index in [0.29, 0.717) is 51.2 Å². The van der Waals surface area contributed by atoms with E-state index in [9.17, 15) is 9.59 Å². The number of rotatable bonds is 8. The van der Waals surface area contributed by atoms with Gasteiger partial charge in [0.05, 0.1) is 41.1 Å². The Morgan fingerprint density at radius 3 is 1.92 bits per heavy atom. The Labute approximate surface area is 214 Å². The number of ether oxygens (including phenoxy) is 7. The highest BCUT2D eigenvalue weighted by Crippen LogP contribution is 2.42. The highest BCUT2D eigenvalue weighted by Gasteiger charge is 2.31. The van der Waals surface area contributed by atoms with Gasteiger partial charge in [0.1, 0.15) is 28.6 Å². The third kappa shape index (κ3) is 4.63. The van der Waals surface area contributed by atoms with E-state index in [1.807, 2.05) is 0 Å². The second-order valence-corrected chi connectivity index (χ2v) is 7.89. The largest absolute Gasteiger partial charge is 0.496 e. The van der Waals surface area contributed by atoms with Crippen molar-refractivity contribution in [1.29, 1.82) is 0 Å². The zero-order valence-corrected chi connectivity index (χ0v) is 21.3. The van der Waals surface area contributed by atoms with E-state index in [4.69, 9.17) is 33.2 Å². The quantitative estimate of drug-likeness (QED) is 0.241. The molecule has 3 aromatic carbocycles. The number of carbonyl (C=O) groups excluding carboxylic acids is 2. The third-order valence-corrected chi connectivity index (χ3v) is 5.86. The van der Waals surface area contributed by atoms with Gasteiger partial charge in [-0.15, -0.1) is 0 Å². The summed E-state index contributed by atoms with van der Waals surface area (Å²) in [7, 11) is 7.43. The molecule has 0 radical (unpaired) electrons.